The second-order valence-electron chi connectivity index (χ2n) is 6.84. The van der Waals surface area contributed by atoms with Gasteiger partial charge >= 0.3 is 0 Å². The summed E-state index contributed by atoms with van der Waals surface area (Å²) in [5.41, 5.74) is 0. The number of allylic oxidation sites excluding steroid dienone is 2. The molecule has 0 aromatic carbocycles. The Morgan fingerprint density at radius 3 is 2.21 bits per heavy atom. The maximum absolute atomic E-state index is 5.40. The molecule has 106 valence electrons. The highest BCUT2D eigenvalue weighted by atomic mass is 16.5. The highest BCUT2D eigenvalue weighted by Crippen LogP contribution is 2.51. The number of hydrogen-bond acceptors (Lipinski definition) is 3. The van der Waals surface area contributed by atoms with E-state index in [-0.39, 0.29) is 0 Å². The van der Waals surface area contributed by atoms with E-state index in [2.05, 4.69) is 22.0 Å². The number of hydrogen-bond donors (Lipinski definition) is 0. The summed E-state index contributed by atoms with van der Waals surface area (Å²) in [5.74, 6) is 3.86. The standard InChI is InChI=1S/C16H26N2O/c1(4-17-6-8-19-9-7-17)5-18-11-15-13-2-3-14(10-13)16(15)12-18/h2-3,13-16H,1,4-12H2/t13-,14+,15-,16-/m0/s1. The van der Waals surface area contributed by atoms with Gasteiger partial charge in [-0.1, -0.05) is 12.2 Å². The van der Waals surface area contributed by atoms with E-state index >= 15 is 0 Å². The van der Waals surface area contributed by atoms with Crippen molar-refractivity contribution in [2.45, 2.75) is 12.8 Å². The summed E-state index contributed by atoms with van der Waals surface area (Å²) in [6, 6.07) is 0. The first kappa shape index (κ1) is 12.4. The zero-order valence-corrected chi connectivity index (χ0v) is 11.8. The molecule has 3 heteroatoms. The van der Waals surface area contributed by atoms with E-state index < -0.39 is 0 Å². The van der Waals surface area contributed by atoms with Crippen LogP contribution < -0.4 is 0 Å². The van der Waals surface area contributed by atoms with Gasteiger partial charge in [0, 0.05) is 26.2 Å². The number of rotatable bonds is 4. The fourth-order valence-electron chi connectivity index (χ4n) is 4.76. The van der Waals surface area contributed by atoms with Gasteiger partial charge in [-0.2, -0.15) is 0 Å². The maximum atomic E-state index is 5.40. The number of nitrogens with zero attached hydrogens (tertiary/aromatic N) is 2. The van der Waals surface area contributed by atoms with Crippen LogP contribution in [-0.2, 0) is 4.74 Å². The van der Waals surface area contributed by atoms with Crippen molar-refractivity contribution in [3.63, 3.8) is 0 Å². The van der Waals surface area contributed by atoms with E-state index in [1.165, 1.54) is 39.0 Å². The molecular formula is C16H26N2O. The molecule has 0 aromatic rings. The van der Waals surface area contributed by atoms with Gasteiger partial charge in [-0.05, 0) is 49.6 Å². The van der Waals surface area contributed by atoms with Crippen molar-refractivity contribution in [2.75, 3.05) is 52.5 Å². The van der Waals surface area contributed by atoms with Crippen LogP contribution in [0.4, 0.5) is 0 Å². The fourth-order valence-corrected chi connectivity index (χ4v) is 4.76. The predicted octanol–water partition coefficient (Wildman–Crippen LogP) is 1.46. The molecule has 4 rings (SSSR count). The van der Waals surface area contributed by atoms with E-state index in [1.807, 2.05) is 0 Å². The van der Waals surface area contributed by atoms with Crippen LogP contribution in [0.5, 0.6) is 0 Å². The van der Waals surface area contributed by atoms with Gasteiger partial charge in [0.2, 0.25) is 0 Å². The molecule has 2 aliphatic carbocycles. The summed E-state index contributed by atoms with van der Waals surface area (Å²) < 4.78 is 5.40. The van der Waals surface area contributed by atoms with Crippen LogP contribution in [0.15, 0.2) is 12.2 Å². The predicted molar refractivity (Wildman–Crippen MR) is 76.0 cm³/mol. The molecule has 1 saturated carbocycles. The van der Waals surface area contributed by atoms with Crippen molar-refractivity contribution in [1.82, 2.24) is 9.80 Å². The average Bonchev–Trinajstić information content (AvgIpc) is 3.12. The quantitative estimate of drug-likeness (QED) is 0.714. The Hall–Kier alpha value is -0.380. The molecule has 3 nitrogen and oxygen atoms in total. The Morgan fingerprint density at radius 2 is 1.53 bits per heavy atom. The molecule has 4 atom stereocenters. The summed E-state index contributed by atoms with van der Waals surface area (Å²) in [5, 5.41) is 0. The van der Waals surface area contributed by atoms with Crippen LogP contribution in [0.2, 0.25) is 0 Å². The van der Waals surface area contributed by atoms with Crippen molar-refractivity contribution in [3.8, 4) is 0 Å². The molecule has 0 N–H and O–H groups in total. The van der Waals surface area contributed by atoms with Crippen molar-refractivity contribution in [2.24, 2.45) is 23.7 Å². The number of ether oxygens (including phenoxy) is 1. The third-order valence-electron chi connectivity index (χ3n) is 5.79. The Morgan fingerprint density at radius 1 is 0.895 bits per heavy atom. The molecule has 3 fully saturated rings. The molecule has 0 spiro atoms. The normalized spacial score (nSPS) is 42.1. The lowest BCUT2D eigenvalue weighted by Crippen LogP contribution is -2.38. The van der Waals surface area contributed by atoms with Gasteiger partial charge < -0.3 is 9.64 Å². The second-order valence-corrected chi connectivity index (χ2v) is 6.84. The van der Waals surface area contributed by atoms with E-state index in [4.69, 9.17) is 4.74 Å². The van der Waals surface area contributed by atoms with Gasteiger partial charge in [0.25, 0.3) is 0 Å². The van der Waals surface area contributed by atoms with Crippen LogP contribution in [0.1, 0.15) is 12.8 Å². The van der Waals surface area contributed by atoms with Gasteiger partial charge in [0.15, 0.2) is 0 Å². The molecule has 0 aromatic heterocycles. The van der Waals surface area contributed by atoms with Gasteiger partial charge in [0.1, 0.15) is 0 Å². The molecule has 2 bridgehead atoms. The monoisotopic (exact) mass is 262 g/mol. The van der Waals surface area contributed by atoms with Crippen LogP contribution in [-0.4, -0.2) is 62.3 Å². The number of morpholine rings is 1. The third kappa shape index (κ3) is 2.37. The minimum absolute atomic E-state index is 0.930. The van der Waals surface area contributed by atoms with E-state index in [9.17, 15) is 0 Å². The van der Waals surface area contributed by atoms with E-state index in [0.717, 1.165) is 50.0 Å². The van der Waals surface area contributed by atoms with Gasteiger partial charge in [-0.15, -0.1) is 0 Å². The lowest BCUT2D eigenvalue weighted by Gasteiger charge is -2.27. The first-order valence-corrected chi connectivity index (χ1v) is 8.11. The number of likely N-dealkylation sites (tertiary alicyclic amines) is 1. The summed E-state index contributed by atoms with van der Waals surface area (Å²) in [6.07, 6.45) is 7.81. The highest BCUT2D eigenvalue weighted by molar-refractivity contribution is 5.16. The van der Waals surface area contributed by atoms with E-state index in [1.54, 1.807) is 0 Å². The largest absolute Gasteiger partial charge is 0.379 e. The lowest BCUT2D eigenvalue weighted by molar-refractivity contribution is 0.0363. The van der Waals surface area contributed by atoms with Gasteiger partial charge in [0.05, 0.1) is 13.2 Å². The molecule has 2 heterocycles. The Bertz CT molecular complexity index is 331. The maximum Gasteiger partial charge on any atom is 0.0594 e. The Labute approximate surface area is 116 Å². The Kier molecular flexibility index (Phi) is 3.38. The second kappa shape index (κ2) is 5.19. The average molecular weight is 262 g/mol. The van der Waals surface area contributed by atoms with Crippen LogP contribution in [0, 0.1) is 23.7 Å². The fraction of sp³-hybridized carbons (Fsp3) is 0.875. The summed E-state index contributed by atoms with van der Waals surface area (Å²) in [6.45, 7) is 9.47. The molecule has 4 aliphatic rings. The molecule has 2 saturated heterocycles. The van der Waals surface area contributed by atoms with Gasteiger partial charge in [-0.3, -0.25) is 4.90 Å². The third-order valence-corrected chi connectivity index (χ3v) is 5.79. The van der Waals surface area contributed by atoms with Crippen molar-refractivity contribution >= 4 is 0 Å². The number of fused-ring (bicyclic) bond motifs is 5. The summed E-state index contributed by atoms with van der Waals surface area (Å²) in [4.78, 5) is 5.30. The summed E-state index contributed by atoms with van der Waals surface area (Å²) in [7, 11) is 0. The van der Waals surface area contributed by atoms with Crippen molar-refractivity contribution in [3.05, 3.63) is 12.2 Å². The zero-order valence-electron chi connectivity index (χ0n) is 11.8. The lowest BCUT2D eigenvalue weighted by atomic mass is 9.86. The van der Waals surface area contributed by atoms with E-state index in [0.29, 0.717) is 0 Å². The van der Waals surface area contributed by atoms with Crippen LogP contribution in [0.3, 0.4) is 0 Å². The van der Waals surface area contributed by atoms with Crippen molar-refractivity contribution < 1.29 is 4.74 Å². The highest BCUT2D eigenvalue weighted by Gasteiger charge is 2.48. The molecule has 0 unspecified atom stereocenters. The first-order chi connectivity index (χ1) is 9.40. The molecule has 0 amide bonds. The first-order valence-electron chi connectivity index (χ1n) is 8.11. The van der Waals surface area contributed by atoms with Crippen LogP contribution in [0.25, 0.3) is 0 Å². The van der Waals surface area contributed by atoms with Crippen molar-refractivity contribution in [1.29, 1.82) is 0 Å². The van der Waals surface area contributed by atoms with Crippen LogP contribution >= 0.6 is 0 Å². The molecule has 0 radical (unpaired) electrons. The SMILES string of the molecule is C1=C[C@H]2C[C@@H]1[C@@H]1CN(CCCN3CCOCC3)C[C@H]12. The minimum Gasteiger partial charge on any atom is -0.379 e. The smallest absolute Gasteiger partial charge is 0.0594 e. The Balaban J connectivity index is 1.21. The molecule has 19 heavy (non-hydrogen) atoms. The molecule has 2 aliphatic heterocycles. The minimum atomic E-state index is 0.930. The summed E-state index contributed by atoms with van der Waals surface area (Å²) >= 11 is 0. The zero-order chi connectivity index (χ0) is 12.7. The topological polar surface area (TPSA) is 15.7 Å². The molecular weight excluding hydrogens is 236 g/mol. The van der Waals surface area contributed by atoms with Gasteiger partial charge in [-0.25, -0.2) is 0 Å².